The summed E-state index contributed by atoms with van der Waals surface area (Å²) in [6, 6.07) is 0. The van der Waals surface area contributed by atoms with Gasteiger partial charge >= 0.3 is 0 Å². The second-order valence-corrected chi connectivity index (χ2v) is 8.47. The molecule has 2 aliphatic heterocycles. The summed E-state index contributed by atoms with van der Waals surface area (Å²) in [7, 11) is -3.20. The van der Waals surface area contributed by atoms with Crippen molar-refractivity contribution in [3.8, 4) is 0 Å². The Morgan fingerprint density at radius 2 is 1.94 bits per heavy atom. The lowest BCUT2D eigenvalue weighted by Gasteiger charge is -2.33. The summed E-state index contributed by atoms with van der Waals surface area (Å²) in [5.74, 6) is 0.00322. The van der Waals surface area contributed by atoms with Gasteiger partial charge < -0.3 is 4.90 Å². The number of hydrogen-bond acceptors (Lipinski definition) is 3. The van der Waals surface area contributed by atoms with Crippen LogP contribution in [0.1, 0.15) is 32.1 Å². The molecule has 0 bridgehead atoms. The fourth-order valence-electron chi connectivity index (χ4n) is 2.56. The van der Waals surface area contributed by atoms with Gasteiger partial charge in [0.1, 0.15) is 5.25 Å². The summed E-state index contributed by atoms with van der Waals surface area (Å²) in [4.78, 5) is 14.3. The fraction of sp³-hybridized carbons (Fsp3) is 0.909. The van der Waals surface area contributed by atoms with E-state index in [0.717, 1.165) is 19.3 Å². The number of carbonyl (C=O) groups excluding carboxylic acids is 1. The molecule has 0 N–H and O–H groups in total. The zero-order chi connectivity index (χ0) is 12.5. The number of hydrogen-bond donors (Lipinski definition) is 0. The Morgan fingerprint density at radius 1 is 1.18 bits per heavy atom. The minimum absolute atomic E-state index is 0.172. The van der Waals surface area contributed by atoms with Crippen LogP contribution in [-0.4, -0.2) is 48.1 Å². The lowest BCUT2D eigenvalue weighted by molar-refractivity contribution is -0.131. The van der Waals surface area contributed by atoms with E-state index in [4.69, 9.17) is 0 Å². The van der Waals surface area contributed by atoms with E-state index >= 15 is 0 Å². The maximum absolute atomic E-state index is 12.2. The van der Waals surface area contributed by atoms with Crippen molar-refractivity contribution in [2.75, 3.05) is 18.8 Å². The third-order valence-corrected chi connectivity index (χ3v) is 6.44. The molecule has 2 unspecified atom stereocenters. The topological polar surface area (TPSA) is 54.5 Å². The number of amides is 1. The van der Waals surface area contributed by atoms with E-state index in [0.29, 0.717) is 30.8 Å². The Labute approximate surface area is 111 Å². The highest BCUT2D eigenvalue weighted by molar-refractivity contribution is 9.09. The van der Waals surface area contributed by atoms with Gasteiger partial charge in [-0.2, -0.15) is 0 Å². The first-order chi connectivity index (χ1) is 8.00. The van der Waals surface area contributed by atoms with Crippen molar-refractivity contribution in [2.24, 2.45) is 0 Å². The second kappa shape index (κ2) is 5.26. The molecule has 6 heteroatoms. The molecule has 0 saturated carbocycles. The zero-order valence-corrected chi connectivity index (χ0v) is 12.2. The minimum Gasteiger partial charge on any atom is -0.340 e. The van der Waals surface area contributed by atoms with E-state index < -0.39 is 15.1 Å². The molecule has 17 heavy (non-hydrogen) atoms. The highest BCUT2D eigenvalue weighted by Gasteiger charge is 2.38. The number of likely N-dealkylation sites (tertiary alicyclic amines) is 1. The first-order valence-electron chi connectivity index (χ1n) is 6.15. The number of piperidine rings is 1. The molecule has 1 amide bonds. The largest absolute Gasteiger partial charge is 0.340 e. The summed E-state index contributed by atoms with van der Waals surface area (Å²) in [5.41, 5.74) is 0. The fourth-order valence-corrected chi connectivity index (χ4v) is 5.11. The van der Waals surface area contributed by atoms with E-state index in [9.17, 15) is 13.2 Å². The van der Waals surface area contributed by atoms with Gasteiger partial charge in [0.15, 0.2) is 9.84 Å². The molecule has 2 fully saturated rings. The molecule has 0 aromatic carbocycles. The summed E-state index contributed by atoms with van der Waals surface area (Å²) < 4.78 is 23.8. The van der Waals surface area contributed by atoms with Crippen molar-refractivity contribution < 1.29 is 13.2 Å². The van der Waals surface area contributed by atoms with Gasteiger partial charge in [0.2, 0.25) is 5.91 Å². The molecule has 2 atom stereocenters. The normalized spacial score (nSPS) is 33.4. The van der Waals surface area contributed by atoms with Gasteiger partial charge in [0, 0.05) is 17.9 Å². The average molecular weight is 324 g/mol. The van der Waals surface area contributed by atoms with E-state index in [1.165, 1.54) is 0 Å². The van der Waals surface area contributed by atoms with Crippen molar-refractivity contribution in [1.82, 2.24) is 4.90 Å². The van der Waals surface area contributed by atoms with E-state index in [1.807, 2.05) is 0 Å². The van der Waals surface area contributed by atoms with E-state index in [1.54, 1.807) is 4.90 Å². The Hall–Kier alpha value is -0.100. The number of halogens is 1. The molecular weight excluding hydrogens is 306 g/mol. The first kappa shape index (κ1) is 13.3. The molecule has 0 radical (unpaired) electrons. The van der Waals surface area contributed by atoms with Gasteiger partial charge in [-0.15, -0.1) is 0 Å². The molecular formula is C11H18BrNO3S. The molecule has 0 aromatic rings. The molecule has 0 aromatic heterocycles. The number of rotatable bonds is 1. The molecule has 4 nitrogen and oxygen atoms in total. The third kappa shape index (κ3) is 3.02. The van der Waals surface area contributed by atoms with Crippen LogP contribution in [0, 0.1) is 0 Å². The van der Waals surface area contributed by atoms with Crippen LogP contribution in [0.15, 0.2) is 0 Å². The van der Waals surface area contributed by atoms with Crippen molar-refractivity contribution in [2.45, 2.75) is 42.2 Å². The standard InChI is InChI=1S/C11H18BrNO3S/c12-9-4-3-6-13(8-9)11(14)10-5-1-2-7-17(10,15)16/h9-10H,1-8H2. The minimum atomic E-state index is -3.20. The smallest absolute Gasteiger partial charge is 0.240 e. The Balaban J connectivity index is 2.08. The second-order valence-electron chi connectivity index (χ2n) is 4.88. The predicted octanol–water partition coefficient (Wildman–Crippen LogP) is 1.34. The summed E-state index contributed by atoms with van der Waals surface area (Å²) >= 11 is 3.51. The van der Waals surface area contributed by atoms with Crippen LogP contribution in [0.25, 0.3) is 0 Å². The van der Waals surface area contributed by atoms with Crippen molar-refractivity contribution in [3.05, 3.63) is 0 Å². The van der Waals surface area contributed by atoms with Crippen LogP contribution in [0.3, 0.4) is 0 Å². The average Bonchev–Trinajstić information content (AvgIpc) is 2.27. The van der Waals surface area contributed by atoms with Crippen LogP contribution >= 0.6 is 15.9 Å². The number of sulfone groups is 1. The lowest BCUT2D eigenvalue weighted by Crippen LogP contribution is -2.49. The summed E-state index contributed by atoms with van der Waals surface area (Å²) in [6.45, 7) is 1.35. The molecule has 98 valence electrons. The van der Waals surface area contributed by atoms with Crippen LogP contribution < -0.4 is 0 Å². The first-order valence-corrected chi connectivity index (χ1v) is 8.78. The monoisotopic (exact) mass is 323 g/mol. The summed E-state index contributed by atoms with van der Waals surface area (Å²) in [5, 5.41) is -0.769. The maximum atomic E-state index is 12.2. The summed E-state index contributed by atoms with van der Waals surface area (Å²) in [6.07, 6.45) is 4.06. The highest BCUT2D eigenvalue weighted by atomic mass is 79.9. The SMILES string of the molecule is O=C(C1CCCCS1(=O)=O)N1CCCC(Br)C1. The van der Waals surface area contributed by atoms with Crippen LogP contribution in [0.2, 0.25) is 0 Å². The lowest BCUT2D eigenvalue weighted by atomic mass is 10.1. The van der Waals surface area contributed by atoms with Crippen LogP contribution in [0.4, 0.5) is 0 Å². The molecule has 2 rings (SSSR count). The van der Waals surface area contributed by atoms with Crippen molar-refractivity contribution in [1.29, 1.82) is 0 Å². The maximum Gasteiger partial charge on any atom is 0.240 e. The van der Waals surface area contributed by atoms with Gasteiger partial charge in [-0.05, 0) is 25.7 Å². The van der Waals surface area contributed by atoms with Crippen LogP contribution in [0.5, 0.6) is 0 Å². The Morgan fingerprint density at radius 3 is 2.59 bits per heavy atom. The number of alkyl halides is 1. The third-order valence-electron chi connectivity index (χ3n) is 3.53. The van der Waals surface area contributed by atoms with Gasteiger partial charge in [0.05, 0.1) is 5.75 Å². The van der Waals surface area contributed by atoms with Gasteiger partial charge in [0.25, 0.3) is 0 Å². The molecule has 2 aliphatic rings. The van der Waals surface area contributed by atoms with E-state index in [-0.39, 0.29) is 11.7 Å². The van der Waals surface area contributed by atoms with Crippen LogP contribution in [-0.2, 0) is 14.6 Å². The van der Waals surface area contributed by atoms with Gasteiger partial charge in [-0.3, -0.25) is 4.79 Å². The molecule has 0 spiro atoms. The van der Waals surface area contributed by atoms with Crippen molar-refractivity contribution in [3.63, 3.8) is 0 Å². The molecule has 0 aliphatic carbocycles. The number of nitrogens with zero attached hydrogens (tertiary/aromatic N) is 1. The molecule has 2 heterocycles. The Kier molecular flexibility index (Phi) is 4.13. The zero-order valence-electron chi connectivity index (χ0n) is 9.77. The quantitative estimate of drug-likeness (QED) is 0.684. The van der Waals surface area contributed by atoms with Gasteiger partial charge in [-0.25, -0.2) is 8.42 Å². The van der Waals surface area contributed by atoms with Gasteiger partial charge in [-0.1, -0.05) is 22.4 Å². The molecule has 2 saturated heterocycles. The number of carbonyl (C=O) groups is 1. The highest BCUT2D eigenvalue weighted by Crippen LogP contribution is 2.24. The van der Waals surface area contributed by atoms with E-state index in [2.05, 4.69) is 15.9 Å². The predicted molar refractivity (Wildman–Crippen MR) is 70.0 cm³/mol. The van der Waals surface area contributed by atoms with Crippen molar-refractivity contribution >= 4 is 31.7 Å². The Bertz CT molecular complexity index is 396.